The third kappa shape index (κ3) is 3.53. The first-order chi connectivity index (χ1) is 13.1. The predicted molar refractivity (Wildman–Crippen MR) is 109 cm³/mol. The quantitative estimate of drug-likeness (QED) is 0.652. The molecule has 4 rings (SSSR count). The summed E-state index contributed by atoms with van der Waals surface area (Å²) in [6.07, 6.45) is 3.61. The van der Waals surface area contributed by atoms with Gasteiger partial charge in [0.25, 0.3) is 0 Å². The third-order valence-corrected chi connectivity index (χ3v) is 4.73. The summed E-state index contributed by atoms with van der Waals surface area (Å²) in [7, 11) is 0. The van der Waals surface area contributed by atoms with Crippen LogP contribution in [0.4, 0.5) is 5.69 Å². The molecule has 1 saturated heterocycles. The van der Waals surface area contributed by atoms with Crippen LogP contribution < -0.4 is 15.0 Å². The standard InChI is InChI=1S/C21H21N3O2S/c1-14(2)26-16-10-8-15(9-11-16)24-20(18-7-5-13-25-18)19(23-21(24)27)17-6-3-4-12-22-17/h3-14,19-20H,1-2H3,(H,23,27)/t19-,20+/m0/s1. The van der Waals surface area contributed by atoms with E-state index in [4.69, 9.17) is 21.4 Å². The minimum atomic E-state index is -0.126. The van der Waals surface area contributed by atoms with Gasteiger partial charge < -0.3 is 19.4 Å². The molecule has 0 amide bonds. The van der Waals surface area contributed by atoms with Crippen molar-refractivity contribution in [1.29, 1.82) is 0 Å². The van der Waals surface area contributed by atoms with Gasteiger partial charge in [-0.25, -0.2) is 0 Å². The molecule has 3 aromatic rings. The van der Waals surface area contributed by atoms with Gasteiger partial charge in [0.1, 0.15) is 17.6 Å². The SMILES string of the molecule is CC(C)Oc1ccc(N2C(=S)N[C@@H](c3ccccn3)[C@H]2c2ccco2)cc1. The Morgan fingerprint density at radius 2 is 1.93 bits per heavy atom. The number of nitrogens with one attached hydrogen (secondary N) is 1. The maximum absolute atomic E-state index is 5.75. The second-order valence-corrected chi connectivity index (χ2v) is 7.06. The zero-order chi connectivity index (χ0) is 18.8. The maximum atomic E-state index is 5.75. The zero-order valence-electron chi connectivity index (χ0n) is 15.2. The van der Waals surface area contributed by atoms with Crippen molar-refractivity contribution in [2.45, 2.75) is 32.0 Å². The van der Waals surface area contributed by atoms with Gasteiger partial charge in [0.15, 0.2) is 5.11 Å². The summed E-state index contributed by atoms with van der Waals surface area (Å²) in [6, 6.07) is 17.5. The molecule has 27 heavy (non-hydrogen) atoms. The van der Waals surface area contributed by atoms with Crippen molar-refractivity contribution in [2.75, 3.05) is 4.90 Å². The number of hydrogen-bond donors (Lipinski definition) is 1. The molecule has 1 N–H and O–H groups in total. The number of anilines is 1. The van der Waals surface area contributed by atoms with Crippen molar-refractivity contribution in [1.82, 2.24) is 10.3 Å². The molecule has 1 fully saturated rings. The molecule has 0 unspecified atom stereocenters. The van der Waals surface area contributed by atoms with Crippen molar-refractivity contribution in [3.63, 3.8) is 0 Å². The van der Waals surface area contributed by atoms with Gasteiger partial charge in [0.2, 0.25) is 0 Å². The normalized spacial score (nSPS) is 19.4. The smallest absolute Gasteiger partial charge is 0.174 e. The van der Waals surface area contributed by atoms with Crippen LogP contribution in [0.1, 0.15) is 37.4 Å². The molecular weight excluding hydrogens is 358 g/mol. The lowest BCUT2D eigenvalue weighted by Crippen LogP contribution is -2.29. The van der Waals surface area contributed by atoms with Crippen molar-refractivity contribution >= 4 is 23.0 Å². The number of benzene rings is 1. The Kier molecular flexibility index (Phi) is 4.81. The van der Waals surface area contributed by atoms with Crippen LogP contribution in [0.5, 0.6) is 5.75 Å². The second kappa shape index (κ2) is 7.40. The Hall–Kier alpha value is -2.86. The van der Waals surface area contributed by atoms with Crippen LogP contribution >= 0.6 is 12.2 Å². The van der Waals surface area contributed by atoms with Crippen molar-refractivity contribution in [2.24, 2.45) is 0 Å². The fourth-order valence-corrected chi connectivity index (χ4v) is 3.68. The molecule has 138 valence electrons. The summed E-state index contributed by atoms with van der Waals surface area (Å²) < 4.78 is 11.5. The van der Waals surface area contributed by atoms with Crippen molar-refractivity contribution in [3.8, 4) is 5.75 Å². The topological polar surface area (TPSA) is 50.5 Å². The van der Waals surface area contributed by atoms with Gasteiger partial charge in [0, 0.05) is 11.9 Å². The molecule has 6 heteroatoms. The number of rotatable bonds is 5. The van der Waals surface area contributed by atoms with E-state index < -0.39 is 0 Å². The van der Waals surface area contributed by atoms with E-state index >= 15 is 0 Å². The van der Waals surface area contributed by atoms with E-state index in [0.29, 0.717) is 5.11 Å². The molecule has 2 aromatic heterocycles. The lowest BCUT2D eigenvalue weighted by atomic mass is 10.0. The van der Waals surface area contributed by atoms with Gasteiger partial charge in [0.05, 0.1) is 24.1 Å². The minimum Gasteiger partial charge on any atom is -0.491 e. The van der Waals surface area contributed by atoms with Crippen LogP contribution in [0, 0.1) is 0 Å². The summed E-state index contributed by atoms with van der Waals surface area (Å²) in [5.74, 6) is 1.67. The van der Waals surface area contributed by atoms with Gasteiger partial charge in [-0.2, -0.15) is 0 Å². The lowest BCUT2D eigenvalue weighted by molar-refractivity contribution is 0.242. The van der Waals surface area contributed by atoms with E-state index in [1.807, 2.05) is 68.4 Å². The number of furan rings is 1. The Morgan fingerprint density at radius 1 is 1.11 bits per heavy atom. The third-order valence-electron chi connectivity index (χ3n) is 4.42. The number of ether oxygens (including phenoxy) is 1. The fourth-order valence-electron chi connectivity index (χ4n) is 3.34. The first kappa shape index (κ1) is 17.5. The molecule has 0 aliphatic carbocycles. The molecule has 1 aliphatic rings. The van der Waals surface area contributed by atoms with Gasteiger partial charge in [-0.05, 0) is 74.6 Å². The molecule has 5 nitrogen and oxygen atoms in total. The molecule has 0 spiro atoms. The van der Waals surface area contributed by atoms with Gasteiger partial charge in [-0.15, -0.1) is 0 Å². The number of hydrogen-bond acceptors (Lipinski definition) is 4. The molecule has 0 radical (unpaired) electrons. The zero-order valence-corrected chi connectivity index (χ0v) is 16.0. The number of nitrogens with zero attached hydrogens (tertiary/aromatic N) is 2. The molecule has 1 aliphatic heterocycles. The Balaban J connectivity index is 1.71. The summed E-state index contributed by atoms with van der Waals surface area (Å²) in [4.78, 5) is 6.60. The number of aromatic nitrogens is 1. The fraction of sp³-hybridized carbons (Fsp3) is 0.238. The summed E-state index contributed by atoms with van der Waals surface area (Å²) in [6.45, 7) is 4.02. The van der Waals surface area contributed by atoms with E-state index in [2.05, 4.69) is 15.2 Å². The van der Waals surface area contributed by atoms with E-state index in [-0.39, 0.29) is 18.2 Å². The summed E-state index contributed by atoms with van der Waals surface area (Å²) in [5, 5.41) is 4.05. The number of pyridine rings is 1. The highest BCUT2D eigenvalue weighted by Crippen LogP contribution is 2.41. The molecule has 0 saturated carbocycles. The first-order valence-corrected chi connectivity index (χ1v) is 9.35. The molecule has 1 aromatic carbocycles. The van der Waals surface area contributed by atoms with Crippen LogP contribution in [-0.2, 0) is 0 Å². The lowest BCUT2D eigenvalue weighted by Gasteiger charge is -2.26. The van der Waals surface area contributed by atoms with Crippen LogP contribution in [0.25, 0.3) is 0 Å². The summed E-state index contributed by atoms with van der Waals surface area (Å²) >= 11 is 5.67. The van der Waals surface area contributed by atoms with Crippen molar-refractivity contribution < 1.29 is 9.15 Å². The molecule has 2 atom stereocenters. The van der Waals surface area contributed by atoms with E-state index in [0.717, 1.165) is 22.9 Å². The van der Waals surface area contributed by atoms with Gasteiger partial charge >= 0.3 is 0 Å². The van der Waals surface area contributed by atoms with Gasteiger partial charge in [-0.1, -0.05) is 6.07 Å². The maximum Gasteiger partial charge on any atom is 0.174 e. The highest BCUT2D eigenvalue weighted by atomic mass is 32.1. The molecular formula is C21H21N3O2S. The average molecular weight is 379 g/mol. The minimum absolute atomic E-state index is 0.101. The van der Waals surface area contributed by atoms with E-state index in [1.165, 1.54) is 0 Å². The van der Waals surface area contributed by atoms with E-state index in [1.54, 1.807) is 12.5 Å². The molecule has 3 heterocycles. The van der Waals surface area contributed by atoms with Crippen LogP contribution in [0.2, 0.25) is 0 Å². The Morgan fingerprint density at radius 3 is 2.56 bits per heavy atom. The first-order valence-electron chi connectivity index (χ1n) is 8.94. The van der Waals surface area contributed by atoms with E-state index in [9.17, 15) is 0 Å². The molecule has 0 bridgehead atoms. The van der Waals surface area contributed by atoms with Gasteiger partial charge in [-0.3, -0.25) is 4.98 Å². The van der Waals surface area contributed by atoms with Crippen molar-refractivity contribution in [3.05, 3.63) is 78.5 Å². The second-order valence-electron chi connectivity index (χ2n) is 6.67. The predicted octanol–water partition coefficient (Wildman–Crippen LogP) is 4.64. The average Bonchev–Trinajstić information content (AvgIpc) is 3.30. The van der Waals surface area contributed by atoms with Crippen LogP contribution in [-0.4, -0.2) is 16.2 Å². The highest BCUT2D eigenvalue weighted by molar-refractivity contribution is 7.80. The van der Waals surface area contributed by atoms with Crippen LogP contribution in [0.3, 0.4) is 0 Å². The van der Waals surface area contributed by atoms with Crippen LogP contribution in [0.15, 0.2) is 71.5 Å². The monoisotopic (exact) mass is 379 g/mol. The Bertz CT molecular complexity index is 895. The summed E-state index contributed by atoms with van der Waals surface area (Å²) in [5.41, 5.74) is 1.90. The number of thiocarbonyl (C=S) groups is 1. The highest BCUT2D eigenvalue weighted by Gasteiger charge is 2.42. The largest absolute Gasteiger partial charge is 0.491 e. The Labute approximate surface area is 164 Å².